The van der Waals surface area contributed by atoms with E-state index >= 15 is 0 Å². The zero-order chi connectivity index (χ0) is 26.3. The Morgan fingerprint density at radius 2 is 1.53 bits per heavy atom. The fourth-order valence-corrected chi connectivity index (χ4v) is 5.10. The largest absolute Gasteiger partial charge is 0.496 e. The van der Waals surface area contributed by atoms with Crippen molar-refractivity contribution in [3.8, 4) is 17.2 Å². The summed E-state index contributed by atoms with van der Waals surface area (Å²) >= 11 is 0. The van der Waals surface area contributed by atoms with E-state index in [0.29, 0.717) is 30.3 Å². The average molecular weight is 510 g/mol. The van der Waals surface area contributed by atoms with Crippen LogP contribution in [0.1, 0.15) is 48.3 Å². The van der Waals surface area contributed by atoms with E-state index in [9.17, 15) is 14.0 Å². The van der Waals surface area contributed by atoms with E-state index < -0.39 is 5.41 Å². The Kier molecular flexibility index (Phi) is 6.18. The number of Topliss-reactive ketones (excluding diaryl/α,β-unsaturated/α-hetero) is 2. The van der Waals surface area contributed by atoms with Crippen molar-refractivity contribution < 1.29 is 23.5 Å². The fourth-order valence-electron chi connectivity index (χ4n) is 5.10. The van der Waals surface area contributed by atoms with Crippen molar-refractivity contribution in [3.05, 3.63) is 95.4 Å². The molecule has 5 nitrogen and oxygen atoms in total. The van der Waals surface area contributed by atoms with E-state index in [4.69, 9.17) is 9.47 Å². The number of nitrogens with zero attached hydrogens (tertiary/aromatic N) is 1. The van der Waals surface area contributed by atoms with E-state index in [0.717, 1.165) is 40.6 Å². The molecule has 2 fully saturated rings. The second-order valence-corrected chi connectivity index (χ2v) is 10.3. The molecule has 192 valence electrons. The first-order valence-corrected chi connectivity index (χ1v) is 13.0. The maximum absolute atomic E-state index is 13.2. The van der Waals surface area contributed by atoms with Gasteiger partial charge in [-0.15, -0.1) is 0 Å². The van der Waals surface area contributed by atoms with E-state index in [2.05, 4.69) is 11.1 Å². The van der Waals surface area contributed by atoms with Crippen LogP contribution in [-0.2, 0) is 22.4 Å². The summed E-state index contributed by atoms with van der Waals surface area (Å²) in [5, 5.41) is 0.935. The molecule has 4 aromatic rings. The van der Waals surface area contributed by atoms with Gasteiger partial charge in [-0.05, 0) is 84.7 Å². The molecule has 0 bridgehead atoms. The predicted octanol–water partition coefficient (Wildman–Crippen LogP) is 6.76. The number of ketones is 2. The Labute approximate surface area is 220 Å². The van der Waals surface area contributed by atoms with E-state index in [1.54, 1.807) is 25.4 Å². The van der Waals surface area contributed by atoms with Gasteiger partial charge in [0.2, 0.25) is 0 Å². The molecule has 0 spiro atoms. The van der Waals surface area contributed by atoms with Crippen LogP contribution >= 0.6 is 0 Å². The Morgan fingerprint density at radius 1 is 0.895 bits per heavy atom. The molecule has 6 heteroatoms. The van der Waals surface area contributed by atoms with Gasteiger partial charge in [-0.2, -0.15) is 0 Å². The third-order valence-electron chi connectivity index (χ3n) is 7.68. The molecular weight excluding hydrogens is 481 g/mol. The minimum Gasteiger partial charge on any atom is -0.496 e. The minimum absolute atomic E-state index is 0.0556. The van der Waals surface area contributed by atoms with Crippen molar-refractivity contribution >= 4 is 22.5 Å². The van der Waals surface area contributed by atoms with Gasteiger partial charge in [0, 0.05) is 30.5 Å². The van der Waals surface area contributed by atoms with Crippen molar-refractivity contribution in [1.29, 1.82) is 0 Å². The Hall–Kier alpha value is -4.06. The molecule has 3 aromatic carbocycles. The third kappa shape index (κ3) is 4.78. The summed E-state index contributed by atoms with van der Waals surface area (Å²) in [4.78, 5) is 30.6. The van der Waals surface area contributed by atoms with Crippen molar-refractivity contribution in [2.24, 2.45) is 5.41 Å². The molecule has 0 atom stereocenters. The molecule has 1 aromatic heterocycles. The van der Waals surface area contributed by atoms with E-state index in [-0.39, 0.29) is 30.2 Å². The lowest BCUT2D eigenvalue weighted by molar-refractivity contribution is -0.133. The quantitative estimate of drug-likeness (QED) is 0.221. The number of halogens is 1. The van der Waals surface area contributed by atoms with E-state index in [1.807, 2.05) is 36.4 Å². The van der Waals surface area contributed by atoms with Crippen LogP contribution in [0.4, 0.5) is 4.39 Å². The van der Waals surface area contributed by atoms with E-state index in [1.165, 1.54) is 17.7 Å². The second kappa shape index (κ2) is 9.67. The molecule has 2 saturated carbocycles. The topological polar surface area (TPSA) is 65.5 Å². The molecule has 0 aliphatic heterocycles. The van der Waals surface area contributed by atoms with Crippen LogP contribution in [0.25, 0.3) is 10.9 Å². The van der Waals surface area contributed by atoms with Gasteiger partial charge in [-0.3, -0.25) is 14.6 Å². The van der Waals surface area contributed by atoms with Crippen molar-refractivity contribution in [2.75, 3.05) is 7.11 Å². The highest BCUT2D eigenvalue weighted by atomic mass is 19.1. The third-order valence-corrected chi connectivity index (χ3v) is 7.68. The number of rotatable bonds is 10. The maximum atomic E-state index is 13.2. The summed E-state index contributed by atoms with van der Waals surface area (Å²) in [6.45, 7) is 0. The molecule has 6 rings (SSSR count). The second-order valence-electron chi connectivity index (χ2n) is 10.3. The summed E-state index contributed by atoms with van der Waals surface area (Å²) in [5.41, 5.74) is 2.66. The summed E-state index contributed by atoms with van der Waals surface area (Å²) in [7, 11) is 1.69. The van der Waals surface area contributed by atoms with Gasteiger partial charge < -0.3 is 9.47 Å². The zero-order valence-electron chi connectivity index (χ0n) is 21.2. The number of hydrogen-bond donors (Lipinski definition) is 0. The average Bonchev–Trinajstić information content (AvgIpc) is 3.85. The van der Waals surface area contributed by atoms with Gasteiger partial charge in [0.1, 0.15) is 23.1 Å². The monoisotopic (exact) mass is 509 g/mol. The van der Waals surface area contributed by atoms with Gasteiger partial charge in [0.15, 0.2) is 11.6 Å². The summed E-state index contributed by atoms with van der Waals surface area (Å²) in [6.07, 6.45) is 5.55. The first-order chi connectivity index (χ1) is 18.4. The van der Waals surface area contributed by atoms with Crippen LogP contribution in [0.2, 0.25) is 0 Å². The predicted molar refractivity (Wildman–Crippen MR) is 142 cm³/mol. The highest BCUT2D eigenvalue weighted by Crippen LogP contribution is 2.49. The SMILES string of the molecule is COc1cc2nccc(Oc3ccc(CC(=O)C4(C(=O)Cc5ccc(F)cc5)CC4)cc3)c2cc1C1CC1. The van der Waals surface area contributed by atoms with Crippen molar-refractivity contribution in [1.82, 2.24) is 4.98 Å². The fraction of sp³-hybridized carbons (Fsp3) is 0.281. The maximum Gasteiger partial charge on any atom is 0.150 e. The van der Waals surface area contributed by atoms with Gasteiger partial charge in [0.05, 0.1) is 18.0 Å². The lowest BCUT2D eigenvalue weighted by atomic mass is 9.88. The summed E-state index contributed by atoms with van der Waals surface area (Å²) < 4.78 is 25.0. The highest BCUT2D eigenvalue weighted by Gasteiger charge is 2.54. The Bertz CT molecular complexity index is 1520. The molecule has 0 N–H and O–H groups in total. The molecule has 0 radical (unpaired) electrons. The molecule has 2 aliphatic carbocycles. The number of aromatic nitrogens is 1. The number of fused-ring (bicyclic) bond motifs is 1. The molecule has 2 aliphatic rings. The normalized spacial score (nSPS) is 15.7. The first kappa shape index (κ1) is 24.3. The first-order valence-electron chi connectivity index (χ1n) is 13.0. The molecule has 1 heterocycles. The van der Waals surface area contributed by atoms with Crippen LogP contribution in [0.15, 0.2) is 72.9 Å². The smallest absolute Gasteiger partial charge is 0.150 e. The molecular formula is C32H28FNO4. The molecule has 38 heavy (non-hydrogen) atoms. The van der Waals surface area contributed by atoms with Crippen LogP contribution in [0, 0.1) is 11.2 Å². The van der Waals surface area contributed by atoms with Crippen molar-refractivity contribution in [2.45, 2.75) is 44.4 Å². The van der Waals surface area contributed by atoms with Crippen LogP contribution in [0.5, 0.6) is 17.2 Å². The van der Waals surface area contributed by atoms with Crippen molar-refractivity contribution in [3.63, 3.8) is 0 Å². The number of carbonyl (C=O) groups is 2. The highest BCUT2D eigenvalue weighted by molar-refractivity contribution is 6.10. The number of benzene rings is 3. The van der Waals surface area contributed by atoms with Crippen LogP contribution < -0.4 is 9.47 Å². The van der Waals surface area contributed by atoms with Gasteiger partial charge in [-0.25, -0.2) is 4.39 Å². The standard InChI is InChI=1S/C32H28FNO4/c1-37-29-19-27-26(18-25(29)22-6-7-22)28(12-15-34-27)38-24-10-4-21(5-11-24)17-31(36)32(13-14-32)30(35)16-20-2-8-23(33)9-3-20/h2-5,8-12,15,18-19,22H,6-7,13-14,16-17H2,1H3. The molecule has 0 amide bonds. The number of pyridine rings is 1. The van der Waals surface area contributed by atoms with Gasteiger partial charge in [0.25, 0.3) is 0 Å². The van der Waals surface area contributed by atoms with Gasteiger partial charge >= 0.3 is 0 Å². The zero-order valence-corrected chi connectivity index (χ0v) is 21.2. The lowest BCUT2D eigenvalue weighted by Crippen LogP contribution is -2.28. The Morgan fingerprint density at radius 3 is 2.11 bits per heavy atom. The minimum atomic E-state index is -0.903. The van der Waals surface area contributed by atoms with Gasteiger partial charge in [-0.1, -0.05) is 24.3 Å². The summed E-state index contributed by atoms with van der Waals surface area (Å²) in [5.74, 6) is 2.28. The Balaban J connectivity index is 1.14. The lowest BCUT2D eigenvalue weighted by Gasteiger charge is -2.14. The molecule has 0 saturated heterocycles. The number of methoxy groups -OCH3 is 1. The number of ether oxygens (including phenoxy) is 2. The van der Waals surface area contributed by atoms with Crippen LogP contribution in [-0.4, -0.2) is 23.7 Å². The van der Waals surface area contributed by atoms with Crippen LogP contribution in [0.3, 0.4) is 0 Å². The summed E-state index contributed by atoms with van der Waals surface area (Å²) in [6, 6.07) is 19.3. The molecule has 0 unspecified atom stereocenters. The number of carbonyl (C=O) groups excluding carboxylic acids is 2. The number of hydrogen-bond acceptors (Lipinski definition) is 5.